The summed E-state index contributed by atoms with van der Waals surface area (Å²) in [5.74, 6) is -1.64. The highest BCUT2D eigenvalue weighted by atomic mass is 19.4. The molecule has 2 rings (SSSR count). The molecule has 1 N–H and O–H groups in total. The number of hydrogen-bond acceptors (Lipinski definition) is 2. The molecule has 1 aromatic carbocycles. The topological polar surface area (TPSA) is 57.6 Å². The van der Waals surface area contributed by atoms with Gasteiger partial charge in [-0.05, 0) is 30.0 Å². The van der Waals surface area contributed by atoms with Crippen LogP contribution < -0.4 is 0 Å². The van der Waals surface area contributed by atoms with Crippen molar-refractivity contribution in [2.24, 2.45) is 11.8 Å². The largest absolute Gasteiger partial charge is 0.481 e. The Kier molecular flexibility index (Phi) is 4.97. The second-order valence-electron chi connectivity index (χ2n) is 5.92. The number of carboxylic acid groups (broad SMARTS) is 1. The average molecular weight is 329 g/mol. The zero-order chi connectivity index (χ0) is 17.2. The lowest BCUT2D eigenvalue weighted by Crippen LogP contribution is -2.45. The number of carbonyl (C=O) groups is 2. The van der Waals surface area contributed by atoms with Crippen LogP contribution in [0.2, 0.25) is 0 Å². The molecule has 0 radical (unpaired) electrons. The van der Waals surface area contributed by atoms with E-state index in [2.05, 4.69) is 0 Å². The summed E-state index contributed by atoms with van der Waals surface area (Å²) in [4.78, 5) is 24.9. The molecule has 1 heterocycles. The molecular formula is C16H18F3NO3. The maximum Gasteiger partial charge on any atom is 0.416 e. The SMILES string of the molecule is CC1CN(C(=O)Cc2ccc(C(F)(F)F)cc2)CCC1C(=O)O. The summed E-state index contributed by atoms with van der Waals surface area (Å²) < 4.78 is 37.5. The van der Waals surface area contributed by atoms with Gasteiger partial charge in [0.05, 0.1) is 17.9 Å². The predicted molar refractivity (Wildman–Crippen MR) is 76.6 cm³/mol. The van der Waals surface area contributed by atoms with Crippen molar-refractivity contribution in [3.05, 3.63) is 35.4 Å². The molecule has 0 bridgehead atoms. The Hall–Kier alpha value is -2.05. The molecule has 0 aliphatic carbocycles. The van der Waals surface area contributed by atoms with Crippen molar-refractivity contribution in [3.63, 3.8) is 0 Å². The molecule has 0 saturated carbocycles. The summed E-state index contributed by atoms with van der Waals surface area (Å²) in [5.41, 5.74) is -0.236. The zero-order valence-corrected chi connectivity index (χ0v) is 12.6. The number of rotatable bonds is 3. The van der Waals surface area contributed by atoms with Crippen LogP contribution in [0.1, 0.15) is 24.5 Å². The van der Waals surface area contributed by atoms with Crippen LogP contribution in [-0.2, 0) is 22.2 Å². The lowest BCUT2D eigenvalue weighted by atomic mass is 9.87. The predicted octanol–water partition coefficient (Wildman–Crippen LogP) is 2.82. The molecule has 4 nitrogen and oxygen atoms in total. The van der Waals surface area contributed by atoms with Crippen molar-refractivity contribution < 1.29 is 27.9 Å². The van der Waals surface area contributed by atoms with Gasteiger partial charge in [0.15, 0.2) is 0 Å². The van der Waals surface area contributed by atoms with E-state index in [9.17, 15) is 22.8 Å². The van der Waals surface area contributed by atoms with Crippen LogP contribution >= 0.6 is 0 Å². The molecule has 0 aromatic heterocycles. The van der Waals surface area contributed by atoms with E-state index in [1.165, 1.54) is 12.1 Å². The Morgan fingerprint density at radius 2 is 1.87 bits per heavy atom. The third-order valence-electron chi connectivity index (χ3n) is 4.21. The van der Waals surface area contributed by atoms with Gasteiger partial charge in [-0.15, -0.1) is 0 Å². The van der Waals surface area contributed by atoms with Crippen molar-refractivity contribution in [3.8, 4) is 0 Å². The first kappa shape index (κ1) is 17.3. The highest BCUT2D eigenvalue weighted by Gasteiger charge is 2.33. The number of hydrogen-bond donors (Lipinski definition) is 1. The minimum Gasteiger partial charge on any atom is -0.481 e. The van der Waals surface area contributed by atoms with Gasteiger partial charge >= 0.3 is 12.1 Å². The van der Waals surface area contributed by atoms with Gasteiger partial charge in [-0.3, -0.25) is 9.59 Å². The van der Waals surface area contributed by atoms with E-state index in [0.717, 1.165) is 12.1 Å². The molecule has 1 amide bonds. The number of alkyl halides is 3. The van der Waals surface area contributed by atoms with Gasteiger partial charge in [-0.2, -0.15) is 13.2 Å². The minimum absolute atomic E-state index is 0.0165. The van der Waals surface area contributed by atoms with E-state index < -0.39 is 23.6 Å². The van der Waals surface area contributed by atoms with E-state index in [1.807, 2.05) is 0 Å². The molecule has 2 atom stereocenters. The Morgan fingerprint density at radius 3 is 2.35 bits per heavy atom. The molecule has 1 aliphatic rings. The van der Waals surface area contributed by atoms with Crippen molar-refractivity contribution in [2.45, 2.75) is 25.9 Å². The summed E-state index contributed by atoms with van der Waals surface area (Å²) in [5, 5.41) is 9.07. The van der Waals surface area contributed by atoms with Gasteiger partial charge in [0.2, 0.25) is 5.91 Å². The second-order valence-corrected chi connectivity index (χ2v) is 5.92. The average Bonchev–Trinajstić information content (AvgIpc) is 2.46. The molecular weight excluding hydrogens is 311 g/mol. The van der Waals surface area contributed by atoms with Crippen molar-refractivity contribution in [2.75, 3.05) is 13.1 Å². The summed E-state index contributed by atoms with van der Waals surface area (Å²) in [7, 11) is 0. The van der Waals surface area contributed by atoms with Gasteiger partial charge in [-0.25, -0.2) is 0 Å². The fourth-order valence-electron chi connectivity index (χ4n) is 2.84. The standard InChI is InChI=1S/C16H18F3NO3/c1-10-9-20(7-6-13(10)15(22)23)14(21)8-11-2-4-12(5-3-11)16(17,18)19/h2-5,10,13H,6-9H2,1H3,(H,22,23). The van der Waals surface area contributed by atoms with Gasteiger partial charge in [0.1, 0.15) is 0 Å². The summed E-state index contributed by atoms with van der Waals surface area (Å²) in [6.07, 6.45) is -3.98. The van der Waals surface area contributed by atoms with Gasteiger partial charge in [0, 0.05) is 13.1 Å². The lowest BCUT2D eigenvalue weighted by Gasteiger charge is -2.35. The Labute approximate surface area is 131 Å². The maximum absolute atomic E-state index is 12.5. The van der Waals surface area contributed by atoms with E-state index in [-0.39, 0.29) is 18.2 Å². The van der Waals surface area contributed by atoms with Crippen LogP contribution in [0.25, 0.3) is 0 Å². The van der Waals surface area contributed by atoms with E-state index in [0.29, 0.717) is 25.1 Å². The second kappa shape index (κ2) is 6.60. The number of piperidine rings is 1. The smallest absolute Gasteiger partial charge is 0.416 e. The van der Waals surface area contributed by atoms with Crippen LogP contribution in [0.15, 0.2) is 24.3 Å². The van der Waals surface area contributed by atoms with Crippen LogP contribution in [0.4, 0.5) is 13.2 Å². The van der Waals surface area contributed by atoms with Crippen molar-refractivity contribution >= 4 is 11.9 Å². The molecule has 1 saturated heterocycles. The van der Waals surface area contributed by atoms with Crippen LogP contribution in [0.5, 0.6) is 0 Å². The number of carbonyl (C=O) groups excluding carboxylic acids is 1. The first-order valence-corrected chi connectivity index (χ1v) is 7.35. The molecule has 1 fully saturated rings. The third kappa shape index (κ3) is 4.24. The number of amides is 1. The van der Waals surface area contributed by atoms with Crippen molar-refractivity contribution in [1.29, 1.82) is 0 Å². The number of aliphatic carboxylic acids is 1. The normalized spacial score (nSPS) is 22.0. The van der Waals surface area contributed by atoms with E-state index in [4.69, 9.17) is 5.11 Å². The van der Waals surface area contributed by atoms with E-state index in [1.54, 1.807) is 11.8 Å². The lowest BCUT2D eigenvalue weighted by molar-refractivity contribution is -0.148. The number of nitrogens with zero attached hydrogens (tertiary/aromatic N) is 1. The van der Waals surface area contributed by atoms with Gasteiger partial charge in [0.25, 0.3) is 0 Å². The molecule has 23 heavy (non-hydrogen) atoms. The van der Waals surface area contributed by atoms with Gasteiger partial charge < -0.3 is 10.0 Å². The van der Waals surface area contributed by atoms with Crippen LogP contribution in [-0.4, -0.2) is 35.0 Å². The Balaban J connectivity index is 1.96. The fraction of sp³-hybridized carbons (Fsp3) is 0.500. The molecule has 126 valence electrons. The first-order chi connectivity index (χ1) is 10.7. The summed E-state index contributed by atoms with van der Waals surface area (Å²) in [6, 6.07) is 4.52. The van der Waals surface area contributed by atoms with Crippen molar-refractivity contribution in [1.82, 2.24) is 4.90 Å². The number of halogens is 3. The molecule has 1 aliphatic heterocycles. The number of benzene rings is 1. The van der Waals surface area contributed by atoms with Gasteiger partial charge in [-0.1, -0.05) is 19.1 Å². The van der Waals surface area contributed by atoms with Crippen LogP contribution in [0.3, 0.4) is 0 Å². The number of carboxylic acids is 1. The number of likely N-dealkylation sites (tertiary alicyclic amines) is 1. The zero-order valence-electron chi connectivity index (χ0n) is 12.6. The maximum atomic E-state index is 12.5. The van der Waals surface area contributed by atoms with E-state index >= 15 is 0 Å². The Bertz CT molecular complexity index is 583. The first-order valence-electron chi connectivity index (χ1n) is 7.35. The minimum atomic E-state index is -4.39. The molecule has 1 aromatic rings. The Morgan fingerprint density at radius 1 is 1.26 bits per heavy atom. The summed E-state index contributed by atoms with van der Waals surface area (Å²) >= 11 is 0. The summed E-state index contributed by atoms with van der Waals surface area (Å²) in [6.45, 7) is 2.51. The molecule has 0 spiro atoms. The monoisotopic (exact) mass is 329 g/mol. The van der Waals surface area contributed by atoms with Crippen LogP contribution in [0, 0.1) is 11.8 Å². The third-order valence-corrected chi connectivity index (χ3v) is 4.21. The highest BCUT2D eigenvalue weighted by Crippen LogP contribution is 2.29. The molecule has 7 heteroatoms. The quantitative estimate of drug-likeness (QED) is 0.928. The highest BCUT2D eigenvalue weighted by molar-refractivity contribution is 5.79. The fourth-order valence-corrected chi connectivity index (χ4v) is 2.84. The molecule has 2 unspecified atom stereocenters.